The van der Waals surface area contributed by atoms with E-state index in [0.717, 1.165) is 34.4 Å². The number of aryl methyl sites for hydroxylation is 1. The lowest BCUT2D eigenvalue weighted by Crippen LogP contribution is -2.30. The molecule has 2 rings (SSSR count). The summed E-state index contributed by atoms with van der Waals surface area (Å²) in [5.41, 5.74) is 0. The Morgan fingerprint density at radius 2 is 2.25 bits per heavy atom. The molecule has 0 amide bonds. The molecule has 20 heavy (non-hydrogen) atoms. The highest BCUT2D eigenvalue weighted by Gasteiger charge is 2.12. The number of nitrogens with one attached hydrogen (secondary N) is 1. The van der Waals surface area contributed by atoms with Crippen LogP contribution < -0.4 is 5.32 Å². The smallest absolute Gasteiger partial charge is 0.162 e. The molecule has 0 aliphatic rings. The van der Waals surface area contributed by atoms with E-state index in [2.05, 4.69) is 24.1 Å². The van der Waals surface area contributed by atoms with E-state index in [1.54, 1.807) is 11.3 Å². The van der Waals surface area contributed by atoms with Gasteiger partial charge in [-0.15, -0.1) is 11.3 Å². The van der Waals surface area contributed by atoms with Crippen LogP contribution in [0.1, 0.15) is 30.9 Å². The number of rotatable bonds is 7. The molecule has 4 nitrogen and oxygen atoms in total. The Morgan fingerprint density at radius 3 is 2.90 bits per heavy atom. The quantitative estimate of drug-likeness (QED) is 0.823. The molecule has 0 radical (unpaired) electrons. The number of hydrogen-bond acceptors (Lipinski definition) is 5. The van der Waals surface area contributed by atoms with E-state index in [1.165, 1.54) is 0 Å². The topological polar surface area (TPSA) is 58.3 Å². The van der Waals surface area contributed by atoms with E-state index in [9.17, 15) is 5.11 Å². The molecule has 110 valence electrons. The molecule has 2 atom stereocenters. The first kappa shape index (κ1) is 15.2. The van der Waals surface area contributed by atoms with Crippen molar-refractivity contribution in [3.05, 3.63) is 29.0 Å². The fourth-order valence-corrected chi connectivity index (χ4v) is 2.71. The van der Waals surface area contributed by atoms with Crippen molar-refractivity contribution in [2.45, 2.75) is 39.8 Å². The van der Waals surface area contributed by atoms with Crippen LogP contribution in [0.25, 0.3) is 10.8 Å². The van der Waals surface area contributed by atoms with Crippen molar-refractivity contribution in [1.82, 2.24) is 10.3 Å². The van der Waals surface area contributed by atoms with Crippen LogP contribution in [0.5, 0.6) is 0 Å². The van der Waals surface area contributed by atoms with Crippen molar-refractivity contribution in [1.29, 1.82) is 0 Å². The van der Waals surface area contributed by atoms with Crippen molar-refractivity contribution >= 4 is 11.3 Å². The molecule has 2 aromatic heterocycles. The van der Waals surface area contributed by atoms with Gasteiger partial charge in [0.1, 0.15) is 5.76 Å². The molecule has 2 heterocycles. The third kappa shape index (κ3) is 3.91. The number of aliphatic hydroxyl groups is 1. The first-order valence-electron chi connectivity index (χ1n) is 7.00. The van der Waals surface area contributed by atoms with Gasteiger partial charge in [0.25, 0.3) is 0 Å². The van der Waals surface area contributed by atoms with Crippen LogP contribution in [0.2, 0.25) is 0 Å². The van der Waals surface area contributed by atoms with E-state index >= 15 is 0 Å². The molecule has 5 heteroatoms. The molecule has 0 saturated heterocycles. The average Bonchev–Trinajstić information content (AvgIpc) is 3.06. The Balaban J connectivity index is 1.84. The van der Waals surface area contributed by atoms with Crippen LogP contribution in [0.15, 0.2) is 22.7 Å². The Kier molecular flexibility index (Phi) is 5.34. The Hall–Kier alpha value is -1.17. The first-order valence-corrected chi connectivity index (χ1v) is 7.82. The van der Waals surface area contributed by atoms with Gasteiger partial charge in [-0.1, -0.05) is 20.3 Å². The normalized spacial score (nSPS) is 14.4. The zero-order valence-corrected chi connectivity index (χ0v) is 13.0. The molecule has 2 unspecified atom stereocenters. The highest BCUT2D eigenvalue weighted by atomic mass is 32.1. The molecule has 0 bridgehead atoms. The molecule has 2 N–H and O–H groups in total. The van der Waals surface area contributed by atoms with E-state index in [-0.39, 0.29) is 6.10 Å². The standard InChI is InChI=1S/C15H22N2O2S/c1-4-10(2)13(18)9-16-7-12-8-17-15(20-12)14-6-5-11(3)19-14/h5-6,8,10,13,16,18H,4,7,9H2,1-3H3. The van der Waals surface area contributed by atoms with Crippen LogP contribution in [0.3, 0.4) is 0 Å². The molecule has 2 aromatic rings. The summed E-state index contributed by atoms with van der Waals surface area (Å²) < 4.78 is 5.56. The Morgan fingerprint density at radius 1 is 1.45 bits per heavy atom. The van der Waals surface area contributed by atoms with Crippen LogP contribution in [-0.4, -0.2) is 22.7 Å². The molecule has 0 aliphatic carbocycles. The lowest BCUT2D eigenvalue weighted by atomic mass is 10.0. The van der Waals surface area contributed by atoms with Gasteiger partial charge in [0.15, 0.2) is 10.8 Å². The molecule has 0 aliphatic heterocycles. The molecule has 0 aromatic carbocycles. The first-order chi connectivity index (χ1) is 9.60. The van der Waals surface area contributed by atoms with Crippen molar-refractivity contribution in [2.24, 2.45) is 5.92 Å². The van der Waals surface area contributed by atoms with Gasteiger partial charge >= 0.3 is 0 Å². The van der Waals surface area contributed by atoms with Crippen LogP contribution >= 0.6 is 11.3 Å². The fraction of sp³-hybridized carbons (Fsp3) is 0.533. The molecular formula is C15H22N2O2S. The molecular weight excluding hydrogens is 272 g/mol. The summed E-state index contributed by atoms with van der Waals surface area (Å²) >= 11 is 1.62. The summed E-state index contributed by atoms with van der Waals surface area (Å²) in [5.74, 6) is 2.04. The van der Waals surface area contributed by atoms with Gasteiger partial charge in [-0.25, -0.2) is 4.98 Å². The Bertz CT molecular complexity index is 535. The zero-order valence-electron chi connectivity index (χ0n) is 12.2. The van der Waals surface area contributed by atoms with E-state index in [1.807, 2.05) is 25.3 Å². The minimum absolute atomic E-state index is 0.292. The summed E-state index contributed by atoms with van der Waals surface area (Å²) in [6.45, 7) is 7.42. The molecule has 0 fully saturated rings. The Labute approximate surface area is 123 Å². The van der Waals surface area contributed by atoms with Crippen molar-refractivity contribution < 1.29 is 9.52 Å². The van der Waals surface area contributed by atoms with Gasteiger partial charge in [-0.2, -0.15) is 0 Å². The maximum Gasteiger partial charge on any atom is 0.162 e. The number of thiazole rings is 1. The second-order valence-electron chi connectivity index (χ2n) is 5.13. The maximum absolute atomic E-state index is 9.89. The van der Waals surface area contributed by atoms with Crippen molar-refractivity contribution in [3.63, 3.8) is 0 Å². The lowest BCUT2D eigenvalue weighted by Gasteiger charge is -2.17. The second kappa shape index (κ2) is 7.02. The van der Waals surface area contributed by atoms with Crippen LogP contribution in [0.4, 0.5) is 0 Å². The van der Waals surface area contributed by atoms with Gasteiger partial charge in [-0.05, 0) is 25.0 Å². The SMILES string of the molecule is CCC(C)C(O)CNCc1cnc(-c2ccc(C)o2)s1. The minimum Gasteiger partial charge on any atom is -0.459 e. The second-order valence-corrected chi connectivity index (χ2v) is 6.24. The average molecular weight is 294 g/mol. The van der Waals surface area contributed by atoms with Gasteiger partial charge in [0.2, 0.25) is 0 Å². The third-order valence-corrected chi connectivity index (χ3v) is 4.47. The van der Waals surface area contributed by atoms with Gasteiger partial charge in [0.05, 0.1) is 6.10 Å². The highest BCUT2D eigenvalue weighted by Crippen LogP contribution is 2.26. The summed E-state index contributed by atoms with van der Waals surface area (Å²) in [4.78, 5) is 5.51. The molecule has 0 saturated carbocycles. The largest absolute Gasteiger partial charge is 0.459 e. The predicted molar refractivity (Wildman–Crippen MR) is 81.7 cm³/mol. The highest BCUT2D eigenvalue weighted by molar-refractivity contribution is 7.14. The van der Waals surface area contributed by atoms with Gasteiger partial charge in [0, 0.05) is 24.2 Å². The van der Waals surface area contributed by atoms with Gasteiger partial charge < -0.3 is 14.8 Å². The number of hydrogen-bond donors (Lipinski definition) is 2. The number of nitrogens with zero attached hydrogens (tertiary/aromatic N) is 1. The number of aliphatic hydroxyl groups excluding tert-OH is 1. The van der Waals surface area contributed by atoms with Crippen molar-refractivity contribution in [2.75, 3.05) is 6.54 Å². The number of furan rings is 1. The van der Waals surface area contributed by atoms with E-state index < -0.39 is 0 Å². The summed E-state index contributed by atoms with van der Waals surface area (Å²) in [6.07, 6.45) is 2.56. The minimum atomic E-state index is -0.292. The number of aromatic nitrogens is 1. The van der Waals surface area contributed by atoms with E-state index in [4.69, 9.17) is 4.42 Å². The maximum atomic E-state index is 9.89. The predicted octanol–water partition coefficient (Wildman–Crippen LogP) is 3.21. The monoisotopic (exact) mass is 294 g/mol. The van der Waals surface area contributed by atoms with E-state index in [0.29, 0.717) is 12.5 Å². The van der Waals surface area contributed by atoms with Crippen LogP contribution in [-0.2, 0) is 6.54 Å². The summed E-state index contributed by atoms with van der Waals surface area (Å²) in [5, 5.41) is 14.1. The third-order valence-electron chi connectivity index (χ3n) is 3.46. The summed E-state index contributed by atoms with van der Waals surface area (Å²) in [7, 11) is 0. The van der Waals surface area contributed by atoms with Crippen LogP contribution in [0, 0.1) is 12.8 Å². The zero-order chi connectivity index (χ0) is 14.5. The fourth-order valence-electron chi connectivity index (χ4n) is 1.87. The van der Waals surface area contributed by atoms with Crippen molar-refractivity contribution in [3.8, 4) is 10.8 Å². The molecule has 0 spiro atoms. The van der Waals surface area contributed by atoms with Gasteiger partial charge in [-0.3, -0.25) is 0 Å². The summed E-state index contributed by atoms with van der Waals surface area (Å²) in [6, 6.07) is 3.88. The lowest BCUT2D eigenvalue weighted by molar-refractivity contribution is 0.113.